The first-order chi connectivity index (χ1) is 14.4. The first-order valence-electron chi connectivity index (χ1n) is 9.84. The smallest absolute Gasteiger partial charge is 0.254 e. The minimum absolute atomic E-state index is 0.0358. The topological polar surface area (TPSA) is 82.2 Å². The first kappa shape index (κ1) is 20.0. The predicted octanol–water partition coefficient (Wildman–Crippen LogP) is 2.60. The van der Waals surface area contributed by atoms with Gasteiger partial charge in [-0.05, 0) is 24.3 Å². The third-order valence-electron chi connectivity index (χ3n) is 5.67. The van der Waals surface area contributed by atoms with Crippen molar-refractivity contribution in [2.75, 3.05) is 19.6 Å². The Labute approximate surface area is 172 Å². The summed E-state index contributed by atoms with van der Waals surface area (Å²) in [5.74, 6) is -3.15. The monoisotopic (exact) mass is 413 g/mol. The Morgan fingerprint density at radius 2 is 1.97 bits per heavy atom. The minimum atomic E-state index is -2.71. The number of halogens is 2. The van der Waals surface area contributed by atoms with E-state index in [1.807, 2.05) is 6.07 Å². The van der Waals surface area contributed by atoms with Crippen LogP contribution >= 0.6 is 0 Å². The molecule has 0 N–H and O–H groups in total. The second kappa shape index (κ2) is 7.86. The van der Waals surface area contributed by atoms with Crippen LogP contribution in [-0.2, 0) is 11.3 Å². The van der Waals surface area contributed by atoms with Crippen molar-refractivity contribution in [1.82, 2.24) is 19.6 Å². The number of carbonyl (C=O) groups is 2. The standard InChI is InChI=1S/C21H21F2N5O2/c22-21(23)5-8-26(9-6-21)19(29)11-18-14-27(13-17-4-7-25-28(17)18)20(30)16-3-1-2-15(10-16)12-24/h1-4,7,10,18H,5-6,8-9,11,13-14H2/t18-/m1/s1. The van der Waals surface area contributed by atoms with Crippen molar-refractivity contribution in [3.05, 3.63) is 53.3 Å². The van der Waals surface area contributed by atoms with E-state index in [2.05, 4.69) is 5.10 Å². The van der Waals surface area contributed by atoms with Crippen molar-refractivity contribution in [3.8, 4) is 6.07 Å². The number of nitrogens with zero attached hydrogens (tertiary/aromatic N) is 5. The van der Waals surface area contributed by atoms with Crippen LogP contribution in [0.4, 0.5) is 8.78 Å². The molecule has 0 unspecified atom stereocenters. The molecule has 9 heteroatoms. The number of fused-ring (bicyclic) bond motifs is 1. The molecule has 0 radical (unpaired) electrons. The van der Waals surface area contributed by atoms with Crippen molar-refractivity contribution >= 4 is 11.8 Å². The zero-order valence-electron chi connectivity index (χ0n) is 16.3. The van der Waals surface area contributed by atoms with Crippen LogP contribution in [-0.4, -0.2) is 57.0 Å². The van der Waals surface area contributed by atoms with E-state index in [1.165, 1.54) is 4.90 Å². The lowest BCUT2D eigenvalue weighted by molar-refractivity contribution is -0.138. The number of carbonyl (C=O) groups excluding carboxylic acids is 2. The highest BCUT2D eigenvalue weighted by atomic mass is 19.3. The number of amides is 2. The van der Waals surface area contributed by atoms with Crippen molar-refractivity contribution in [1.29, 1.82) is 5.26 Å². The van der Waals surface area contributed by atoms with E-state index in [0.29, 0.717) is 17.7 Å². The fraction of sp³-hybridized carbons (Fsp3) is 0.429. The van der Waals surface area contributed by atoms with E-state index < -0.39 is 5.92 Å². The van der Waals surface area contributed by atoms with Crippen LogP contribution in [0.25, 0.3) is 0 Å². The number of piperidine rings is 1. The molecule has 1 aromatic heterocycles. The lowest BCUT2D eigenvalue weighted by Gasteiger charge is -2.36. The van der Waals surface area contributed by atoms with Crippen LogP contribution in [0.3, 0.4) is 0 Å². The largest absolute Gasteiger partial charge is 0.342 e. The predicted molar refractivity (Wildman–Crippen MR) is 103 cm³/mol. The summed E-state index contributed by atoms with van der Waals surface area (Å²) in [4.78, 5) is 28.9. The highest BCUT2D eigenvalue weighted by Gasteiger charge is 2.37. The van der Waals surface area contributed by atoms with Gasteiger partial charge in [-0.25, -0.2) is 8.78 Å². The highest BCUT2D eigenvalue weighted by molar-refractivity contribution is 5.94. The molecule has 2 aliphatic heterocycles. The summed E-state index contributed by atoms with van der Waals surface area (Å²) in [5, 5.41) is 13.4. The zero-order chi connectivity index (χ0) is 21.3. The van der Waals surface area contributed by atoms with E-state index >= 15 is 0 Å². The van der Waals surface area contributed by atoms with Gasteiger partial charge < -0.3 is 9.80 Å². The maximum Gasteiger partial charge on any atom is 0.254 e. The Kier molecular flexibility index (Phi) is 5.24. The molecule has 7 nitrogen and oxygen atoms in total. The summed E-state index contributed by atoms with van der Waals surface area (Å²) in [5.41, 5.74) is 1.61. The first-order valence-corrected chi connectivity index (χ1v) is 9.84. The van der Waals surface area contributed by atoms with E-state index in [9.17, 15) is 18.4 Å². The summed E-state index contributed by atoms with van der Waals surface area (Å²) in [6.45, 7) is 0.693. The number of rotatable bonds is 3. The average molecular weight is 413 g/mol. The van der Waals surface area contributed by atoms with Gasteiger partial charge in [0.25, 0.3) is 11.8 Å². The molecule has 156 valence electrons. The summed E-state index contributed by atoms with van der Waals surface area (Å²) in [6.07, 6.45) is 1.06. The van der Waals surface area contributed by atoms with Crippen molar-refractivity contribution in [2.24, 2.45) is 0 Å². The molecule has 3 heterocycles. The molecule has 0 aliphatic carbocycles. The fourth-order valence-electron chi connectivity index (χ4n) is 4.01. The van der Waals surface area contributed by atoms with E-state index in [0.717, 1.165) is 5.69 Å². The summed E-state index contributed by atoms with van der Waals surface area (Å²) >= 11 is 0. The lowest BCUT2D eigenvalue weighted by Crippen LogP contribution is -2.46. The van der Waals surface area contributed by atoms with Crippen molar-refractivity contribution in [3.63, 3.8) is 0 Å². The van der Waals surface area contributed by atoms with Crippen LogP contribution in [0, 0.1) is 11.3 Å². The molecule has 0 spiro atoms. The van der Waals surface area contributed by atoms with E-state index in [4.69, 9.17) is 5.26 Å². The van der Waals surface area contributed by atoms with Crippen LogP contribution < -0.4 is 0 Å². The van der Waals surface area contributed by atoms with Crippen LogP contribution in [0.2, 0.25) is 0 Å². The van der Waals surface area contributed by atoms with Crippen LogP contribution in [0.5, 0.6) is 0 Å². The quantitative estimate of drug-likeness (QED) is 0.775. The normalized spacial score (nSPS) is 20.4. The average Bonchev–Trinajstić information content (AvgIpc) is 3.22. The molecule has 30 heavy (non-hydrogen) atoms. The molecule has 1 aromatic carbocycles. The molecule has 1 atom stereocenters. The van der Waals surface area contributed by atoms with E-state index in [-0.39, 0.29) is 56.8 Å². The molecule has 2 amide bonds. The molecule has 1 saturated heterocycles. The van der Waals surface area contributed by atoms with Gasteiger partial charge >= 0.3 is 0 Å². The third kappa shape index (κ3) is 4.03. The van der Waals surface area contributed by atoms with Crippen molar-refractivity contribution < 1.29 is 18.4 Å². The van der Waals surface area contributed by atoms with Gasteiger partial charge in [0.15, 0.2) is 0 Å². The number of hydrogen-bond donors (Lipinski definition) is 0. The molecule has 4 rings (SSSR count). The number of aromatic nitrogens is 2. The highest BCUT2D eigenvalue weighted by Crippen LogP contribution is 2.30. The Bertz CT molecular complexity index is 1000. The molecule has 0 saturated carbocycles. The molecule has 2 aromatic rings. The second-order valence-electron chi connectivity index (χ2n) is 7.74. The molecular formula is C21H21F2N5O2. The Morgan fingerprint density at radius 1 is 1.20 bits per heavy atom. The number of benzene rings is 1. The van der Waals surface area contributed by atoms with Gasteiger partial charge in [-0.15, -0.1) is 0 Å². The van der Waals surface area contributed by atoms with Gasteiger partial charge in [0, 0.05) is 44.2 Å². The number of alkyl halides is 2. The summed E-state index contributed by atoms with van der Waals surface area (Å²) in [6, 6.07) is 9.94. The zero-order valence-corrected chi connectivity index (χ0v) is 16.3. The molecule has 2 aliphatic rings. The van der Waals surface area contributed by atoms with Crippen LogP contribution in [0.15, 0.2) is 36.5 Å². The maximum absolute atomic E-state index is 13.4. The van der Waals surface area contributed by atoms with Gasteiger partial charge in [0.05, 0.1) is 36.3 Å². The Balaban J connectivity index is 1.49. The SMILES string of the molecule is N#Cc1cccc(C(=O)N2Cc3ccnn3[C@H](CC(=O)N3CCC(F)(F)CC3)C2)c1. The summed E-state index contributed by atoms with van der Waals surface area (Å²) in [7, 11) is 0. The summed E-state index contributed by atoms with van der Waals surface area (Å²) < 4.78 is 28.5. The van der Waals surface area contributed by atoms with Gasteiger partial charge in [-0.2, -0.15) is 10.4 Å². The molecule has 1 fully saturated rings. The number of nitriles is 1. The lowest BCUT2D eigenvalue weighted by atomic mass is 10.0. The maximum atomic E-state index is 13.4. The Hall–Kier alpha value is -3.28. The van der Waals surface area contributed by atoms with Gasteiger partial charge in [-0.1, -0.05) is 6.07 Å². The molecule has 0 bridgehead atoms. The van der Waals surface area contributed by atoms with Gasteiger partial charge in [0.1, 0.15) is 0 Å². The van der Waals surface area contributed by atoms with E-state index in [1.54, 1.807) is 46.1 Å². The minimum Gasteiger partial charge on any atom is -0.342 e. The van der Waals surface area contributed by atoms with Crippen LogP contribution in [0.1, 0.15) is 46.9 Å². The molecular weight excluding hydrogens is 392 g/mol. The Morgan fingerprint density at radius 3 is 2.70 bits per heavy atom. The van der Waals surface area contributed by atoms with Gasteiger partial charge in [-0.3, -0.25) is 14.3 Å². The van der Waals surface area contributed by atoms with Crippen molar-refractivity contribution in [2.45, 2.75) is 37.8 Å². The third-order valence-corrected chi connectivity index (χ3v) is 5.67. The fourth-order valence-corrected chi connectivity index (χ4v) is 4.01. The van der Waals surface area contributed by atoms with Gasteiger partial charge in [0.2, 0.25) is 5.91 Å². The number of hydrogen-bond acceptors (Lipinski definition) is 4. The number of likely N-dealkylation sites (tertiary alicyclic amines) is 1. The second-order valence-corrected chi connectivity index (χ2v) is 7.74.